The molecule has 1 aliphatic rings. The second-order valence-electron chi connectivity index (χ2n) is 4.85. The van der Waals surface area contributed by atoms with Crippen LogP contribution in [0, 0.1) is 0 Å². The van der Waals surface area contributed by atoms with E-state index in [9.17, 15) is 15.0 Å². The van der Waals surface area contributed by atoms with E-state index in [-0.39, 0.29) is 22.6 Å². The molecule has 0 heterocycles. The van der Waals surface area contributed by atoms with E-state index in [1.165, 1.54) is 18.2 Å². The zero-order valence-electron chi connectivity index (χ0n) is 10.1. The van der Waals surface area contributed by atoms with E-state index in [0.717, 1.165) is 25.7 Å². The minimum atomic E-state index is -0.393. The highest BCUT2D eigenvalue weighted by Gasteiger charge is 2.34. The number of carbonyl (C=O) groups excluding carboxylic acids is 1. The van der Waals surface area contributed by atoms with Crippen molar-refractivity contribution < 1.29 is 15.0 Å². The van der Waals surface area contributed by atoms with Crippen molar-refractivity contribution in [2.45, 2.75) is 31.2 Å². The van der Waals surface area contributed by atoms with Gasteiger partial charge in [0.05, 0.1) is 11.1 Å². The van der Waals surface area contributed by atoms with Crippen molar-refractivity contribution in [3.63, 3.8) is 0 Å². The van der Waals surface area contributed by atoms with Gasteiger partial charge >= 0.3 is 0 Å². The van der Waals surface area contributed by atoms with Crippen LogP contribution in [0.3, 0.4) is 0 Å². The minimum Gasteiger partial charge on any atom is -0.508 e. The number of phenols is 2. The number of carbonyl (C=O) groups is 1. The van der Waals surface area contributed by atoms with Crippen LogP contribution in [-0.2, 0) is 0 Å². The van der Waals surface area contributed by atoms with E-state index < -0.39 is 5.91 Å². The van der Waals surface area contributed by atoms with E-state index in [4.69, 9.17) is 5.73 Å². The monoisotopic (exact) mass is 250 g/mol. The lowest BCUT2D eigenvalue weighted by atomic mass is 9.97. The van der Waals surface area contributed by atoms with Crippen LogP contribution in [0.2, 0.25) is 0 Å². The largest absolute Gasteiger partial charge is 0.508 e. The molecule has 5 N–H and O–H groups in total. The van der Waals surface area contributed by atoms with Gasteiger partial charge in [-0.1, -0.05) is 12.8 Å². The fraction of sp³-hybridized carbons (Fsp3) is 0.462. The van der Waals surface area contributed by atoms with Crippen LogP contribution in [0.4, 0.5) is 0 Å². The molecule has 1 aliphatic carbocycles. The van der Waals surface area contributed by atoms with Crippen LogP contribution in [0.1, 0.15) is 36.0 Å². The first kappa shape index (κ1) is 12.7. The smallest absolute Gasteiger partial charge is 0.255 e. The van der Waals surface area contributed by atoms with Gasteiger partial charge in [0.1, 0.15) is 11.5 Å². The molecule has 0 atom stereocenters. The van der Waals surface area contributed by atoms with Crippen LogP contribution in [0.25, 0.3) is 0 Å². The molecule has 18 heavy (non-hydrogen) atoms. The first-order valence-corrected chi connectivity index (χ1v) is 6.11. The normalized spacial score (nSPS) is 17.6. The Labute approximate surface area is 106 Å². The Morgan fingerprint density at radius 3 is 2.61 bits per heavy atom. The van der Waals surface area contributed by atoms with Crippen molar-refractivity contribution in [2.75, 3.05) is 6.54 Å². The van der Waals surface area contributed by atoms with E-state index in [1.807, 2.05) is 0 Å². The Morgan fingerprint density at radius 1 is 1.33 bits per heavy atom. The van der Waals surface area contributed by atoms with E-state index in [1.54, 1.807) is 0 Å². The van der Waals surface area contributed by atoms with E-state index in [2.05, 4.69) is 5.32 Å². The van der Waals surface area contributed by atoms with Crippen molar-refractivity contribution in [1.29, 1.82) is 0 Å². The van der Waals surface area contributed by atoms with Gasteiger partial charge in [-0.2, -0.15) is 0 Å². The Balaban J connectivity index is 2.18. The van der Waals surface area contributed by atoms with Crippen molar-refractivity contribution in [3.8, 4) is 11.5 Å². The topological polar surface area (TPSA) is 95.6 Å². The molecule has 0 saturated heterocycles. The standard InChI is InChI=1S/C13H18N2O3/c14-8-13(5-1-2-6-13)15-12(18)10-7-9(16)3-4-11(10)17/h3-4,7,16-17H,1-2,5-6,8,14H2,(H,15,18). The van der Waals surface area contributed by atoms with Crippen molar-refractivity contribution in [3.05, 3.63) is 23.8 Å². The number of hydrogen-bond donors (Lipinski definition) is 4. The van der Waals surface area contributed by atoms with Crippen LogP contribution in [0.5, 0.6) is 11.5 Å². The molecule has 0 aromatic heterocycles. The summed E-state index contributed by atoms with van der Waals surface area (Å²) in [6.45, 7) is 0.387. The highest BCUT2D eigenvalue weighted by atomic mass is 16.3. The maximum absolute atomic E-state index is 12.1. The van der Waals surface area contributed by atoms with Crippen LogP contribution >= 0.6 is 0 Å². The summed E-state index contributed by atoms with van der Waals surface area (Å²) in [5, 5.41) is 21.9. The van der Waals surface area contributed by atoms with Gasteiger partial charge in [0.15, 0.2) is 0 Å². The Morgan fingerprint density at radius 2 is 2.00 bits per heavy atom. The first-order valence-electron chi connectivity index (χ1n) is 6.11. The molecule has 0 unspecified atom stereocenters. The molecule has 0 aliphatic heterocycles. The quantitative estimate of drug-likeness (QED) is 0.604. The molecule has 0 radical (unpaired) electrons. The number of phenolic OH excluding ortho intramolecular Hbond substituents is 2. The minimum absolute atomic E-state index is 0.0498. The van der Waals surface area contributed by atoms with Gasteiger partial charge in [-0.25, -0.2) is 0 Å². The van der Waals surface area contributed by atoms with E-state index >= 15 is 0 Å². The second-order valence-corrected chi connectivity index (χ2v) is 4.85. The lowest BCUT2D eigenvalue weighted by molar-refractivity contribution is 0.0900. The van der Waals surface area contributed by atoms with Gasteiger partial charge in [-0.15, -0.1) is 0 Å². The molecular weight excluding hydrogens is 232 g/mol. The average molecular weight is 250 g/mol. The van der Waals surface area contributed by atoms with Gasteiger partial charge in [-0.05, 0) is 31.0 Å². The number of nitrogens with one attached hydrogen (secondary N) is 1. The molecular formula is C13H18N2O3. The molecule has 5 heteroatoms. The van der Waals surface area contributed by atoms with E-state index in [0.29, 0.717) is 6.54 Å². The fourth-order valence-corrected chi connectivity index (χ4v) is 2.45. The first-order chi connectivity index (χ1) is 8.56. The SMILES string of the molecule is NCC1(NC(=O)c2cc(O)ccc2O)CCCC1. The summed E-state index contributed by atoms with van der Waals surface area (Å²) in [7, 11) is 0. The predicted molar refractivity (Wildman–Crippen MR) is 67.5 cm³/mol. The van der Waals surface area contributed by atoms with Gasteiger partial charge in [0.25, 0.3) is 5.91 Å². The fourth-order valence-electron chi connectivity index (χ4n) is 2.45. The summed E-state index contributed by atoms with van der Waals surface area (Å²) in [5.74, 6) is -0.586. The van der Waals surface area contributed by atoms with Crippen LogP contribution in [0.15, 0.2) is 18.2 Å². The van der Waals surface area contributed by atoms with Gasteiger partial charge in [-0.3, -0.25) is 4.79 Å². The third-order valence-corrected chi connectivity index (χ3v) is 3.55. The molecule has 5 nitrogen and oxygen atoms in total. The Hall–Kier alpha value is -1.75. The van der Waals surface area contributed by atoms with Crippen LogP contribution in [-0.4, -0.2) is 28.2 Å². The summed E-state index contributed by atoms with van der Waals surface area (Å²) in [4.78, 5) is 12.1. The second kappa shape index (κ2) is 4.86. The van der Waals surface area contributed by atoms with Crippen molar-refractivity contribution in [1.82, 2.24) is 5.32 Å². The lowest BCUT2D eigenvalue weighted by Gasteiger charge is -2.28. The molecule has 1 aromatic carbocycles. The zero-order valence-corrected chi connectivity index (χ0v) is 10.1. The van der Waals surface area contributed by atoms with Gasteiger partial charge < -0.3 is 21.3 Å². The van der Waals surface area contributed by atoms with Gasteiger partial charge in [0.2, 0.25) is 0 Å². The maximum atomic E-state index is 12.1. The molecule has 98 valence electrons. The van der Waals surface area contributed by atoms with Crippen molar-refractivity contribution >= 4 is 5.91 Å². The Kier molecular flexibility index (Phi) is 3.43. The highest BCUT2D eigenvalue weighted by molar-refractivity contribution is 5.97. The lowest BCUT2D eigenvalue weighted by Crippen LogP contribution is -2.51. The molecule has 0 spiro atoms. The zero-order chi connectivity index (χ0) is 13.2. The van der Waals surface area contributed by atoms with Crippen molar-refractivity contribution in [2.24, 2.45) is 5.73 Å². The number of benzene rings is 1. The van der Waals surface area contributed by atoms with Crippen LogP contribution < -0.4 is 11.1 Å². The number of amides is 1. The third kappa shape index (κ3) is 2.41. The molecule has 1 saturated carbocycles. The maximum Gasteiger partial charge on any atom is 0.255 e. The summed E-state index contributed by atoms with van der Waals surface area (Å²) in [6.07, 6.45) is 3.80. The number of nitrogens with two attached hydrogens (primary N) is 1. The van der Waals surface area contributed by atoms with Gasteiger partial charge in [0, 0.05) is 6.54 Å². The molecule has 1 fully saturated rings. The predicted octanol–water partition coefficient (Wildman–Crippen LogP) is 1.10. The Bertz CT molecular complexity index is 454. The molecule has 1 amide bonds. The molecule has 1 aromatic rings. The summed E-state index contributed by atoms with van der Waals surface area (Å²) < 4.78 is 0. The summed E-state index contributed by atoms with van der Waals surface area (Å²) in [5.41, 5.74) is 5.45. The third-order valence-electron chi connectivity index (χ3n) is 3.55. The number of rotatable bonds is 3. The average Bonchev–Trinajstić information content (AvgIpc) is 2.81. The molecule has 2 rings (SSSR count). The number of hydrogen-bond acceptors (Lipinski definition) is 4. The summed E-state index contributed by atoms with van der Waals surface area (Å²) in [6, 6.07) is 3.89. The number of aromatic hydroxyl groups is 2. The molecule has 0 bridgehead atoms. The highest BCUT2D eigenvalue weighted by Crippen LogP contribution is 2.30. The summed E-state index contributed by atoms with van der Waals surface area (Å²) >= 11 is 0.